The molecule has 2 nitrogen and oxygen atoms in total. The number of nitrogens with zero attached hydrogens (tertiary/aromatic N) is 1. The van der Waals surface area contributed by atoms with Gasteiger partial charge < -0.3 is 5.73 Å². The van der Waals surface area contributed by atoms with Gasteiger partial charge in [-0.25, -0.2) is 0 Å². The van der Waals surface area contributed by atoms with Gasteiger partial charge in [0, 0.05) is 18.4 Å². The second kappa shape index (κ2) is 3.23. The quantitative estimate of drug-likeness (QED) is 0.690. The zero-order chi connectivity index (χ0) is 9.19. The summed E-state index contributed by atoms with van der Waals surface area (Å²) in [6.07, 6.45) is 3.56. The van der Waals surface area contributed by atoms with Crippen molar-refractivity contribution in [3.05, 3.63) is 30.1 Å². The summed E-state index contributed by atoms with van der Waals surface area (Å²) in [7, 11) is 0. The molecule has 1 heterocycles. The minimum absolute atomic E-state index is 0.0838. The maximum absolute atomic E-state index is 6.04. The lowest BCUT2D eigenvalue weighted by atomic mass is 9.83. The van der Waals surface area contributed by atoms with E-state index in [-0.39, 0.29) is 11.5 Å². The summed E-state index contributed by atoms with van der Waals surface area (Å²) >= 11 is 0. The molecule has 2 heteroatoms. The molecule has 0 spiro atoms. The predicted molar refractivity (Wildman–Crippen MR) is 50.6 cm³/mol. The predicted octanol–water partition coefficient (Wildman–Crippen LogP) is 2.13. The van der Waals surface area contributed by atoms with Gasteiger partial charge in [0.25, 0.3) is 0 Å². The van der Waals surface area contributed by atoms with Crippen molar-refractivity contribution in [2.24, 2.45) is 11.1 Å². The molecule has 0 aliphatic heterocycles. The van der Waals surface area contributed by atoms with Gasteiger partial charge in [0.1, 0.15) is 0 Å². The monoisotopic (exact) mass is 164 g/mol. The zero-order valence-corrected chi connectivity index (χ0v) is 7.91. The molecular formula is C10H16N2. The Bertz CT molecular complexity index is 236. The van der Waals surface area contributed by atoms with Crippen LogP contribution in [-0.4, -0.2) is 4.98 Å². The van der Waals surface area contributed by atoms with Crippen molar-refractivity contribution in [3.8, 4) is 0 Å². The molecule has 0 saturated heterocycles. The Labute approximate surface area is 73.8 Å². The second-order valence-corrected chi connectivity index (χ2v) is 4.12. The van der Waals surface area contributed by atoms with Crippen molar-refractivity contribution in [3.63, 3.8) is 0 Å². The average molecular weight is 164 g/mol. The molecule has 1 aromatic rings. The SMILES string of the molecule is CC(C)(C)C(N)c1ccncc1. The van der Waals surface area contributed by atoms with Crippen LogP contribution in [0.5, 0.6) is 0 Å². The first-order valence-corrected chi connectivity index (χ1v) is 4.17. The summed E-state index contributed by atoms with van der Waals surface area (Å²) in [4.78, 5) is 3.95. The Morgan fingerprint density at radius 1 is 1.25 bits per heavy atom. The molecule has 0 radical (unpaired) electrons. The number of hydrogen-bond donors (Lipinski definition) is 1. The van der Waals surface area contributed by atoms with E-state index in [1.807, 2.05) is 12.1 Å². The summed E-state index contributed by atoms with van der Waals surface area (Å²) in [6.45, 7) is 6.41. The fourth-order valence-corrected chi connectivity index (χ4v) is 1.07. The van der Waals surface area contributed by atoms with Crippen LogP contribution in [0.15, 0.2) is 24.5 Å². The molecule has 66 valence electrons. The average Bonchev–Trinajstić information content (AvgIpc) is 2.03. The zero-order valence-electron chi connectivity index (χ0n) is 7.91. The number of rotatable bonds is 1. The molecule has 0 aromatic carbocycles. The maximum Gasteiger partial charge on any atom is 0.0345 e. The largest absolute Gasteiger partial charge is 0.324 e. The van der Waals surface area contributed by atoms with Crippen molar-refractivity contribution in [2.45, 2.75) is 26.8 Å². The molecule has 1 atom stereocenters. The van der Waals surface area contributed by atoms with Gasteiger partial charge in [-0.3, -0.25) is 4.98 Å². The van der Waals surface area contributed by atoms with Gasteiger partial charge in [-0.1, -0.05) is 20.8 Å². The van der Waals surface area contributed by atoms with E-state index >= 15 is 0 Å². The van der Waals surface area contributed by atoms with E-state index < -0.39 is 0 Å². The summed E-state index contributed by atoms with van der Waals surface area (Å²) in [5.74, 6) is 0. The van der Waals surface area contributed by atoms with Crippen molar-refractivity contribution < 1.29 is 0 Å². The van der Waals surface area contributed by atoms with Crippen molar-refractivity contribution in [1.29, 1.82) is 0 Å². The molecular weight excluding hydrogens is 148 g/mol. The number of nitrogens with two attached hydrogens (primary N) is 1. The first-order valence-electron chi connectivity index (χ1n) is 4.17. The highest BCUT2D eigenvalue weighted by Gasteiger charge is 2.21. The standard InChI is InChI=1S/C10H16N2/c1-10(2,3)9(11)8-4-6-12-7-5-8/h4-7,9H,11H2,1-3H3. The molecule has 12 heavy (non-hydrogen) atoms. The molecule has 0 saturated carbocycles. The highest BCUT2D eigenvalue weighted by atomic mass is 14.7. The van der Waals surface area contributed by atoms with E-state index in [0.29, 0.717) is 0 Å². The molecule has 0 fully saturated rings. The van der Waals surface area contributed by atoms with Crippen LogP contribution in [0.25, 0.3) is 0 Å². The number of hydrogen-bond acceptors (Lipinski definition) is 2. The third-order valence-electron chi connectivity index (χ3n) is 2.00. The van der Waals surface area contributed by atoms with E-state index in [0.717, 1.165) is 5.56 Å². The van der Waals surface area contributed by atoms with Crippen molar-refractivity contribution in [2.75, 3.05) is 0 Å². The van der Waals surface area contributed by atoms with Gasteiger partial charge in [0.2, 0.25) is 0 Å². The minimum atomic E-state index is 0.0838. The van der Waals surface area contributed by atoms with Gasteiger partial charge >= 0.3 is 0 Å². The van der Waals surface area contributed by atoms with Gasteiger partial charge in [-0.2, -0.15) is 0 Å². The van der Waals surface area contributed by atoms with Crippen LogP contribution in [-0.2, 0) is 0 Å². The van der Waals surface area contributed by atoms with Crippen LogP contribution in [0.2, 0.25) is 0 Å². The van der Waals surface area contributed by atoms with Crippen LogP contribution in [0.4, 0.5) is 0 Å². The Balaban J connectivity index is 2.86. The Kier molecular flexibility index (Phi) is 2.48. The third kappa shape index (κ3) is 2.05. The maximum atomic E-state index is 6.04. The van der Waals surface area contributed by atoms with E-state index in [1.54, 1.807) is 12.4 Å². The summed E-state index contributed by atoms with van der Waals surface area (Å²) in [5, 5.41) is 0. The number of aromatic nitrogens is 1. The summed E-state index contributed by atoms with van der Waals surface area (Å²) in [5.41, 5.74) is 7.31. The molecule has 0 aliphatic rings. The van der Waals surface area contributed by atoms with Gasteiger partial charge in [-0.15, -0.1) is 0 Å². The van der Waals surface area contributed by atoms with E-state index in [2.05, 4.69) is 25.8 Å². The topological polar surface area (TPSA) is 38.9 Å². The van der Waals surface area contributed by atoms with Crippen LogP contribution in [0.1, 0.15) is 32.4 Å². The normalized spacial score (nSPS) is 14.3. The lowest BCUT2D eigenvalue weighted by Crippen LogP contribution is -2.26. The molecule has 1 unspecified atom stereocenters. The first kappa shape index (κ1) is 9.20. The highest BCUT2D eigenvalue weighted by Crippen LogP contribution is 2.29. The molecule has 1 rings (SSSR count). The number of pyridine rings is 1. The Hall–Kier alpha value is -0.890. The second-order valence-electron chi connectivity index (χ2n) is 4.12. The summed E-state index contributed by atoms with van der Waals surface area (Å²) in [6, 6.07) is 4.02. The van der Waals surface area contributed by atoms with Gasteiger partial charge in [-0.05, 0) is 23.1 Å². The van der Waals surface area contributed by atoms with Crippen molar-refractivity contribution >= 4 is 0 Å². The smallest absolute Gasteiger partial charge is 0.0345 e. The van der Waals surface area contributed by atoms with Crippen LogP contribution in [0.3, 0.4) is 0 Å². The lowest BCUT2D eigenvalue weighted by molar-refractivity contribution is 0.327. The lowest BCUT2D eigenvalue weighted by Gasteiger charge is -2.27. The Morgan fingerprint density at radius 3 is 2.17 bits per heavy atom. The van der Waals surface area contributed by atoms with Gasteiger partial charge in [0.05, 0.1) is 0 Å². The van der Waals surface area contributed by atoms with Crippen LogP contribution in [0, 0.1) is 5.41 Å². The molecule has 2 N–H and O–H groups in total. The van der Waals surface area contributed by atoms with Crippen LogP contribution < -0.4 is 5.73 Å². The molecule has 0 bridgehead atoms. The van der Waals surface area contributed by atoms with E-state index in [4.69, 9.17) is 5.73 Å². The molecule has 1 aromatic heterocycles. The minimum Gasteiger partial charge on any atom is -0.324 e. The third-order valence-corrected chi connectivity index (χ3v) is 2.00. The first-order chi connectivity index (χ1) is 5.52. The molecule has 0 amide bonds. The van der Waals surface area contributed by atoms with E-state index in [9.17, 15) is 0 Å². The molecule has 0 aliphatic carbocycles. The fourth-order valence-electron chi connectivity index (χ4n) is 1.07. The van der Waals surface area contributed by atoms with Gasteiger partial charge in [0.15, 0.2) is 0 Å². The van der Waals surface area contributed by atoms with E-state index in [1.165, 1.54) is 0 Å². The Morgan fingerprint density at radius 2 is 1.75 bits per heavy atom. The van der Waals surface area contributed by atoms with Crippen molar-refractivity contribution in [1.82, 2.24) is 4.98 Å². The summed E-state index contributed by atoms with van der Waals surface area (Å²) < 4.78 is 0. The van der Waals surface area contributed by atoms with Crippen LogP contribution >= 0.6 is 0 Å². The fraction of sp³-hybridized carbons (Fsp3) is 0.500. The highest BCUT2D eigenvalue weighted by molar-refractivity contribution is 5.16.